The first-order chi connectivity index (χ1) is 8.11. The molecule has 0 saturated heterocycles. The summed E-state index contributed by atoms with van der Waals surface area (Å²) in [6.07, 6.45) is 1.40. The van der Waals surface area contributed by atoms with Crippen molar-refractivity contribution < 1.29 is 14.8 Å². The van der Waals surface area contributed by atoms with E-state index in [1.54, 1.807) is 24.3 Å². The molecule has 0 aliphatic carbocycles. The topological polar surface area (TPSA) is 103 Å². The Kier molecular flexibility index (Phi) is 4.64. The Balaban J connectivity index is 2.56. The van der Waals surface area contributed by atoms with Crippen molar-refractivity contribution in [1.82, 2.24) is 10.9 Å². The van der Waals surface area contributed by atoms with E-state index in [2.05, 4.69) is 10.4 Å². The van der Waals surface area contributed by atoms with Gasteiger partial charge in [-0.1, -0.05) is 12.1 Å². The SMILES string of the molecule is CC(=O)Nc1ccc(/C=N/NC(=O)NO)cc1. The molecule has 0 heterocycles. The number of hydrazone groups is 1. The number of hydrogen-bond donors (Lipinski definition) is 4. The van der Waals surface area contributed by atoms with E-state index in [-0.39, 0.29) is 5.91 Å². The molecule has 0 fully saturated rings. The van der Waals surface area contributed by atoms with Gasteiger partial charge in [-0.15, -0.1) is 0 Å². The van der Waals surface area contributed by atoms with E-state index in [1.807, 2.05) is 5.43 Å². The van der Waals surface area contributed by atoms with Crippen LogP contribution in [0.5, 0.6) is 0 Å². The smallest absolute Gasteiger partial charge is 0.326 e. The van der Waals surface area contributed by atoms with E-state index >= 15 is 0 Å². The molecule has 17 heavy (non-hydrogen) atoms. The largest absolute Gasteiger partial charge is 0.358 e. The Hall–Kier alpha value is -2.41. The summed E-state index contributed by atoms with van der Waals surface area (Å²) in [6.45, 7) is 1.42. The van der Waals surface area contributed by atoms with Gasteiger partial charge in [-0.2, -0.15) is 5.10 Å². The van der Waals surface area contributed by atoms with Crippen molar-refractivity contribution in [3.63, 3.8) is 0 Å². The highest BCUT2D eigenvalue weighted by molar-refractivity contribution is 5.89. The second-order valence-corrected chi connectivity index (χ2v) is 3.11. The summed E-state index contributed by atoms with van der Waals surface area (Å²) in [5.41, 5.74) is 4.81. The van der Waals surface area contributed by atoms with Crippen molar-refractivity contribution in [2.45, 2.75) is 6.92 Å². The first-order valence-electron chi connectivity index (χ1n) is 4.72. The summed E-state index contributed by atoms with van der Waals surface area (Å²) in [4.78, 5) is 21.3. The fourth-order valence-corrected chi connectivity index (χ4v) is 1.05. The molecule has 7 heteroatoms. The third-order valence-corrected chi connectivity index (χ3v) is 1.71. The van der Waals surface area contributed by atoms with Gasteiger partial charge < -0.3 is 5.32 Å². The Morgan fingerprint density at radius 1 is 1.29 bits per heavy atom. The van der Waals surface area contributed by atoms with Gasteiger partial charge in [0.25, 0.3) is 0 Å². The zero-order chi connectivity index (χ0) is 12.7. The monoisotopic (exact) mass is 236 g/mol. The third-order valence-electron chi connectivity index (χ3n) is 1.71. The molecule has 7 nitrogen and oxygen atoms in total. The summed E-state index contributed by atoms with van der Waals surface area (Å²) in [5.74, 6) is -0.146. The van der Waals surface area contributed by atoms with Crippen molar-refractivity contribution >= 4 is 23.8 Å². The van der Waals surface area contributed by atoms with Crippen LogP contribution in [0.15, 0.2) is 29.4 Å². The lowest BCUT2D eigenvalue weighted by atomic mass is 10.2. The Morgan fingerprint density at radius 3 is 2.47 bits per heavy atom. The molecule has 1 aromatic rings. The van der Waals surface area contributed by atoms with Gasteiger partial charge in [0, 0.05) is 12.6 Å². The third kappa shape index (κ3) is 4.76. The normalized spacial score (nSPS) is 10.0. The van der Waals surface area contributed by atoms with Crippen LogP contribution in [0.2, 0.25) is 0 Å². The van der Waals surface area contributed by atoms with Crippen LogP contribution in [0.25, 0.3) is 0 Å². The molecule has 1 rings (SSSR count). The number of urea groups is 1. The lowest BCUT2D eigenvalue weighted by Gasteiger charge is -2.01. The number of nitrogens with one attached hydrogen (secondary N) is 3. The number of amides is 3. The Morgan fingerprint density at radius 2 is 1.94 bits per heavy atom. The molecule has 0 bridgehead atoms. The zero-order valence-corrected chi connectivity index (χ0v) is 9.10. The van der Waals surface area contributed by atoms with Crippen molar-refractivity contribution in [2.75, 3.05) is 5.32 Å². The molecule has 90 valence electrons. The number of hydroxylamine groups is 1. The van der Waals surface area contributed by atoms with Gasteiger partial charge in [-0.3, -0.25) is 10.0 Å². The molecular formula is C10H12N4O3. The highest BCUT2D eigenvalue weighted by Gasteiger charge is 1.95. The van der Waals surface area contributed by atoms with Gasteiger partial charge in [0.2, 0.25) is 5.91 Å². The van der Waals surface area contributed by atoms with Crippen LogP contribution < -0.4 is 16.2 Å². The second kappa shape index (κ2) is 6.23. The van der Waals surface area contributed by atoms with E-state index in [0.717, 1.165) is 5.56 Å². The number of anilines is 1. The van der Waals surface area contributed by atoms with Gasteiger partial charge in [0.05, 0.1) is 6.21 Å². The van der Waals surface area contributed by atoms with Crippen LogP contribution in [0.1, 0.15) is 12.5 Å². The van der Waals surface area contributed by atoms with Crippen LogP contribution in [-0.4, -0.2) is 23.4 Å². The summed E-state index contributed by atoms with van der Waals surface area (Å²) < 4.78 is 0. The summed E-state index contributed by atoms with van der Waals surface area (Å²) in [5, 5.41) is 14.4. The number of carbonyl (C=O) groups excluding carboxylic acids is 2. The van der Waals surface area contributed by atoms with Crippen LogP contribution in [0, 0.1) is 0 Å². The molecule has 0 atom stereocenters. The summed E-state index contributed by atoms with van der Waals surface area (Å²) >= 11 is 0. The molecule has 0 radical (unpaired) electrons. The van der Waals surface area contributed by atoms with Gasteiger partial charge in [-0.05, 0) is 17.7 Å². The first-order valence-corrected chi connectivity index (χ1v) is 4.72. The molecule has 0 aliphatic rings. The molecule has 3 amide bonds. The average Bonchev–Trinajstić information content (AvgIpc) is 2.30. The maximum absolute atomic E-state index is 10.8. The van der Waals surface area contributed by atoms with Crippen molar-refractivity contribution in [3.8, 4) is 0 Å². The maximum Gasteiger partial charge on any atom is 0.358 e. The van der Waals surface area contributed by atoms with E-state index in [1.165, 1.54) is 18.6 Å². The highest BCUT2D eigenvalue weighted by Crippen LogP contribution is 2.07. The predicted octanol–water partition coefficient (Wildman–Crippen LogP) is 0.667. The molecule has 4 N–H and O–H groups in total. The second-order valence-electron chi connectivity index (χ2n) is 3.11. The number of nitrogens with zero attached hydrogens (tertiary/aromatic N) is 1. The Bertz CT molecular complexity index is 428. The fraction of sp³-hybridized carbons (Fsp3) is 0.100. The van der Waals surface area contributed by atoms with Gasteiger partial charge in [-0.25, -0.2) is 15.7 Å². The van der Waals surface area contributed by atoms with Crippen molar-refractivity contribution in [1.29, 1.82) is 0 Å². The molecule has 0 aromatic heterocycles. The number of hydrogen-bond acceptors (Lipinski definition) is 4. The standard InChI is InChI=1S/C10H12N4O3/c1-7(15)12-9-4-2-8(3-5-9)6-11-13-10(16)14-17/h2-6,17H,1H3,(H,12,15)(H2,13,14,16)/b11-6+. The van der Waals surface area contributed by atoms with E-state index in [0.29, 0.717) is 5.69 Å². The lowest BCUT2D eigenvalue weighted by molar-refractivity contribution is -0.114. The number of rotatable bonds is 3. The minimum Gasteiger partial charge on any atom is -0.326 e. The van der Waals surface area contributed by atoms with Crippen LogP contribution in [-0.2, 0) is 4.79 Å². The quantitative estimate of drug-likeness (QED) is 0.352. The molecule has 0 saturated carbocycles. The lowest BCUT2D eigenvalue weighted by Crippen LogP contribution is -2.29. The van der Waals surface area contributed by atoms with Crippen molar-refractivity contribution in [3.05, 3.63) is 29.8 Å². The van der Waals surface area contributed by atoms with Crippen LogP contribution in [0.3, 0.4) is 0 Å². The summed E-state index contributed by atoms with van der Waals surface area (Å²) in [6, 6.07) is 6.01. The number of carbonyl (C=O) groups is 2. The minimum atomic E-state index is -0.823. The predicted molar refractivity (Wildman–Crippen MR) is 61.8 cm³/mol. The average molecular weight is 236 g/mol. The first kappa shape index (κ1) is 12.7. The molecular weight excluding hydrogens is 224 g/mol. The van der Waals surface area contributed by atoms with E-state index in [4.69, 9.17) is 5.21 Å². The zero-order valence-electron chi connectivity index (χ0n) is 9.10. The summed E-state index contributed by atoms with van der Waals surface area (Å²) in [7, 11) is 0. The number of benzene rings is 1. The Labute approximate surface area is 97.5 Å². The molecule has 1 aromatic carbocycles. The molecule has 0 spiro atoms. The highest BCUT2D eigenvalue weighted by atomic mass is 16.5. The van der Waals surface area contributed by atoms with Gasteiger partial charge in [0.15, 0.2) is 0 Å². The van der Waals surface area contributed by atoms with Crippen LogP contribution in [0.4, 0.5) is 10.5 Å². The van der Waals surface area contributed by atoms with Gasteiger partial charge in [0.1, 0.15) is 0 Å². The van der Waals surface area contributed by atoms with Crippen molar-refractivity contribution in [2.24, 2.45) is 5.10 Å². The van der Waals surface area contributed by atoms with Gasteiger partial charge >= 0.3 is 6.03 Å². The maximum atomic E-state index is 10.8. The van der Waals surface area contributed by atoms with Crippen LogP contribution >= 0.6 is 0 Å². The fourth-order valence-electron chi connectivity index (χ4n) is 1.05. The molecule has 0 aliphatic heterocycles. The van der Waals surface area contributed by atoms with E-state index < -0.39 is 6.03 Å². The minimum absolute atomic E-state index is 0.146. The molecule has 0 unspecified atom stereocenters. The van der Waals surface area contributed by atoms with E-state index in [9.17, 15) is 9.59 Å².